The summed E-state index contributed by atoms with van der Waals surface area (Å²) < 4.78 is 4.13. The number of anilines is 1. The van der Waals surface area contributed by atoms with Crippen molar-refractivity contribution in [1.29, 1.82) is 0 Å². The van der Waals surface area contributed by atoms with Crippen molar-refractivity contribution in [3.63, 3.8) is 0 Å². The Morgan fingerprint density at radius 1 is 0.955 bits per heavy atom. The molecule has 0 saturated heterocycles. The molecule has 0 fully saturated rings. The normalized spacial score (nSPS) is 11.5. The van der Waals surface area contributed by atoms with Gasteiger partial charge >= 0.3 is 0 Å². The fraction of sp³-hybridized carbons (Fsp3) is 0.235. The maximum Gasteiger partial charge on any atom is 0.203 e. The van der Waals surface area contributed by atoms with Crippen LogP contribution in [0.15, 0.2) is 58.9 Å². The molecular weight excluding hydrogens is 274 g/mol. The third-order valence-corrected chi connectivity index (χ3v) is 3.81. The molecule has 2 aromatic carbocycles. The van der Waals surface area contributed by atoms with Crippen LogP contribution < -0.4 is 9.58 Å². The monoisotopic (exact) mass is 294 g/mol. The highest BCUT2D eigenvalue weighted by atomic mass is 15.4. The van der Waals surface area contributed by atoms with Gasteiger partial charge in [-0.15, -0.1) is 4.68 Å². The van der Waals surface area contributed by atoms with Gasteiger partial charge in [-0.2, -0.15) is 14.9 Å². The van der Waals surface area contributed by atoms with Gasteiger partial charge in [-0.1, -0.05) is 0 Å². The van der Waals surface area contributed by atoms with E-state index in [-0.39, 0.29) is 0 Å². The summed E-state index contributed by atoms with van der Waals surface area (Å²) in [5.41, 5.74) is 3.99. The average molecular weight is 294 g/mol. The second-order valence-corrected chi connectivity index (χ2v) is 5.58. The molecule has 3 rings (SSSR count). The van der Waals surface area contributed by atoms with Crippen molar-refractivity contribution in [2.45, 2.75) is 0 Å². The van der Waals surface area contributed by atoms with Gasteiger partial charge in [-0.3, -0.25) is 0 Å². The second-order valence-electron chi connectivity index (χ2n) is 5.58. The minimum absolute atomic E-state index is 0.850. The van der Waals surface area contributed by atoms with Crippen molar-refractivity contribution in [2.75, 3.05) is 19.0 Å². The zero-order chi connectivity index (χ0) is 15.7. The molecular formula is C17H20N5+. The Labute approximate surface area is 130 Å². The van der Waals surface area contributed by atoms with Crippen LogP contribution in [0.25, 0.3) is 10.9 Å². The van der Waals surface area contributed by atoms with Crippen molar-refractivity contribution in [1.82, 2.24) is 4.68 Å². The number of hydrogen-bond acceptors (Lipinski definition) is 3. The Balaban J connectivity index is 1.87. The Hall–Kier alpha value is -2.69. The van der Waals surface area contributed by atoms with Gasteiger partial charge in [0.15, 0.2) is 7.05 Å². The first-order chi connectivity index (χ1) is 10.5. The fourth-order valence-corrected chi connectivity index (χ4v) is 2.37. The van der Waals surface area contributed by atoms with E-state index in [9.17, 15) is 0 Å². The highest BCUT2D eigenvalue weighted by Crippen LogP contribution is 2.23. The molecule has 0 N–H and O–H groups in total. The smallest absolute Gasteiger partial charge is 0.203 e. The van der Waals surface area contributed by atoms with Crippen LogP contribution in [-0.2, 0) is 14.1 Å². The van der Waals surface area contributed by atoms with Crippen LogP contribution in [0, 0.1) is 0 Å². The van der Waals surface area contributed by atoms with E-state index >= 15 is 0 Å². The van der Waals surface area contributed by atoms with E-state index in [1.807, 2.05) is 69.3 Å². The lowest BCUT2D eigenvalue weighted by atomic mass is 10.2. The van der Waals surface area contributed by atoms with Crippen LogP contribution in [0.4, 0.5) is 17.1 Å². The minimum Gasteiger partial charge on any atom is -0.378 e. The Kier molecular flexibility index (Phi) is 3.63. The molecule has 3 aromatic rings. The summed E-state index contributed by atoms with van der Waals surface area (Å²) in [7, 11) is 8.09. The van der Waals surface area contributed by atoms with Crippen LogP contribution in [0.2, 0.25) is 0 Å². The Morgan fingerprint density at radius 3 is 2.27 bits per heavy atom. The molecule has 0 atom stereocenters. The Morgan fingerprint density at radius 2 is 1.59 bits per heavy atom. The standard InChI is InChI=1S/C17H20N5/c1-20(2)16-9-7-14(8-10-16)18-19-15-6-5-13-12-21(3)22(4)17(13)11-15/h5-12H,1-4H3/q+1. The van der Waals surface area contributed by atoms with Crippen LogP contribution >= 0.6 is 0 Å². The van der Waals surface area contributed by atoms with Gasteiger partial charge in [0.1, 0.15) is 5.52 Å². The number of aromatic nitrogens is 2. The van der Waals surface area contributed by atoms with Crippen molar-refractivity contribution in [3.8, 4) is 0 Å². The molecule has 0 bridgehead atoms. The van der Waals surface area contributed by atoms with Gasteiger partial charge in [0.05, 0.1) is 23.8 Å². The summed E-state index contributed by atoms with van der Waals surface area (Å²) in [4.78, 5) is 2.06. The lowest BCUT2D eigenvalue weighted by Crippen LogP contribution is -2.35. The number of benzene rings is 2. The maximum absolute atomic E-state index is 4.34. The van der Waals surface area contributed by atoms with E-state index in [2.05, 4.69) is 32.1 Å². The molecule has 5 nitrogen and oxygen atoms in total. The quantitative estimate of drug-likeness (QED) is 0.538. The summed E-state index contributed by atoms with van der Waals surface area (Å²) in [5.74, 6) is 0. The SMILES string of the molecule is CN(C)c1ccc(/N=N/c2ccc3c[n+](C)n(C)c3c2)cc1. The number of hydrogen-bond donors (Lipinski definition) is 0. The zero-order valence-electron chi connectivity index (χ0n) is 13.4. The van der Waals surface area contributed by atoms with Gasteiger partial charge < -0.3 is 4.90 Å². The van der Waals surface area contributed by atoms with E-state index in [0.717, 1.165) is 22.6 Å². The molecule has 0 saturated carbocycles. The number of aryl methyl sites for hydroxylation is 2. The molecule has 1 heterocycles. The number of azo groups is 1. The number of rotatable bonds is 3. The van der Waals surface area contributed by atoms with E-state index in [1.165, 1.54) is 5.39 Å². The first-order valence-electron chi connectivity index (χ1n) is 7.19. The highest BCUT2D eigenvalue weighted by Gasteiger charge is 2.08. The Bertz CT molecular complexity index is 828. The summed E-state index contributed by atoms with van der Waals surface area (Å²) >= 11 is 0. The molecule has 22 heavy (non-hydrogen) atoms. The summed E-state index contributed by atoms with van der Waals surface area (Å²) in [6.07, 6.45) is 2.09. The molecule has 0 aliphatic rings. The second kappa shape index (κ2) is 5.60. The van der Waals surface area contributed by atoms with Crippen molar-refractivity contribution >= 4 is 28.0 Å². The molecule has 0 unspecified atom stereocenters. The molecule has 112 valence electrons. The number of fused-ring (bicyclic) bond motifs is 1. The molecule has 1 aromatic heterocycles. The number of nitrogens with zero attached hydrogens (tertiary/aromatic N) is 5. The van der Waals surface area contributed by atoms with Crippen molar-refractivity contribution in [2.24, 2.45) is 24.3 Å². The third-order valence-electron chi connectivity index (χ3n) is 3.81. The average Bonchev–Trinajstić information content (AvgIpc) is 2.80. The van der Waals surface area contributed by atoms with Crippen LogP contribution in [0.1, 0.15) is 0 Å². The van der Waals surface area contributed by atoms with Gasteiger partial charge in [0.25, 0.3) is 0 Å². The van der Waals surface area contributed by atoms with Crippen molar-refractivity contribution < 1.29 is 4.68 Å². The van der Waals surface area contributed by atoms with Gasteiger partial charge in [0.2, 0.25) is 6.20 Å². The first kappa shape index (κ1) is 14.3. The largest absolute Gasteiger partial charge is 0.378 e. The van der Waals surface area contributed by atoms with E-state index in [4.69, 9.17) is 0 Å². The van der Waals surface area contributed by atoms with E-state index in [1.54, 1.807) is 0 Å². The predicted molar refractivity (Wildman–Crippen MR) is 89.0 cm³/mol. The summed E-state index contributed by atoms with van der Waals surface area (Å²) in [5, 5.41) is 9.84. The van der Waals surface area contributed by atoms with E-state index < -0.39 is 0 Å². The van der Waals surface area contributed by atoms with E-state index in [0.29, 0.717) is 0 Å². The maximum atomic E-state index is 4.34. The lowest BCUT2D eigenvalue weighted by molar-refractivity contribution is -0.748. The van der Waals surface area contributed by atoms with Gasteiger partial charge in [-0.25, -0.2) is 0 Å². The summed E-state index contributed by atoms with van der Waals surface area (Å²) in [6.45, 7) is 0. The van der Waals surface area contributed by atoms with Crippen molar-refractivity contribution in [3.05, 3.63) is 48.7 Å². The topological polar surface area (TPSA) is 36.8 Å². The predicted octanol–water partition coefficient (Wildman–Crippen LogP) is 3.48. The lowest BCUT2D eigenvalue weighted by Gasteiger charge is -2.11. The van der Waals surface area contributed by atoms with Crippen LogP contribution in [0.3, 0.4) is 0 Å². The van der Waals surface area contributed by atoms with Gasteiger partial charge in [-0.05, 0) is 42.5 Å². The molecule has 0 aliphatic carbocycles. The summed E-state index contributed by atoms with van der Waals surface area (Å²) in [6, 6.07) is 14.1. The first-order valence-corrected chi connectivity index (χ1v) is 7.19. The fourth-order valence-electron chi connectivity index (χ4n) is 2.37. The van der Waals surface area contributed by atoms with Crippen LogP contribution in [0.5, 0.6) is 0 Å². The molecule has 0 radical (unpaired) electrons. The van der Waals surface area contributed by atoms with Gasteiger partial charge in [0, 0.05) is 19.8 Å². The molecule has 0 amide bonds. The minimum atomic E-state index is 0.850. The molecule has 0 spiro atoms. The zero-order valence-corrected chi connectivity index (χ0v) is 13.4. The molecule has 0 aliphatic heterocycles. The highest BCUT2D eigenvalue weighted by molar-refractivity contribution is 5.80. The van der Waals surface area contributed by atoms with Crippen LogP contribution in [-0.4, -0.2) is 18.8 Å². The molecule has 5 heteroatoms. The third kappa shape index (κ3) is 2.70.